The minimum Gasteiger partial charge on any atom is -0.0682 e. The summed E-state index contributed by atoms with van der Waals surface area (Å²) >= 11 is 0. The van der Waals surface area contributed by atoms with Crippen molar-refractivity contribution in [2.75, 3.05) is 0 Å². The fourth-order valence-corrected chi connectivity index (χ4v) is 8.18. The average Bonchev–Trinajstić information content (AvgIpc) is 2.71. The van der Waals surface area contributed by atoms with Crippen molar-refractivity contribution in [3.8, 4) is 0 Å². The molecule has 0 bridgehead atoms. The van der Waals surface area contributed by atoms with E-state index in [9.17, 15) is 0 Å². The summed E-state index contributed by atoms with van der Waals surface area (Å²) < 4.78 is 0. The van der Waals surface area contributed by atoms with Gasteiger partial charge in [0.05, 0.1) is 0 Å². The van der Waals surface area contributed by atoms with Crippen molar-refractivity contribution >= 4 is 26.5 Å². The van der Waals surface area contributed by atoms with Gasteiger partial charge in [-0.15, -0.1) is 0 Å². The van der Waals surface area contributed by atoms with Crippen LogP contribution in [0.25, 0.3) is 0 Å². The molecule has 0 aliphatic heterocycles. The van der Waals surface area contributed by atoms with E-state index < -0.39 is 0 Å². The van der Waals surface area contributed by atoms with Crippen molar-refractivity contribution in [3.05, 3.63) is 96.1 Å². The summed E-state index contributed by atoms with van der Waals surface area (Å²) in [6, 6.07) is 31.6. The smallest absolute Gasteiger partial charge is 0.00304 e. The molecule has 3 aromatic rings. The third-order valence-corrected chi connectivity index (χ3v) is 10.9. The van der Waals surface area contributed by atoms with Gasteiger partial charge in [-0.05, 0) is 45.4 Å². The van der Waals surface area contributed by atoms with Crippen molar-refractivity contribution in [1.82, 2.24) is 0 Å². The Balaban J connectivity index is 1.79. The Morgan fingerprint density at radius 1 is 0.536 bits per heavy atom. The number of hydrogen-bond donors (Lipinski definition) is 0. The summed E-state index contributed by atoms with van der Waals surface area (Å²) in [6.07, 6.45) is 2.35. The highest BCUT2D eigenvalue weighted by atomic mass is 31.1. The Labute approximate surface area is 173 Å². The lowest BCUT2D eigenvalue weighted by Gasteiger charge is -2.24. The molecule has 3 rings (SSSR count). The molecule has 28 heavy (non-hydrogen) atoms. The second kappa shape index (κ2) is 10.3. The van der Waals surface area contributed by atoms with Crippen molar-refractivity contribution in [1.29, 1.82) is 0 Å². The van der Waals surface area contributed by atoms with Crippen LogP contribution in [0.3, 0.4) is 0 Å². The zero-order valence-electron chi connectivity index (χ0n) is 17.5. The van der Waals surface area contributed by atoms with E-state index >= 15 is 0 Å². The fraction of sp³-hybridized carbons (Fsp3) is 0.308. The number of benzene rings is 3. The molecule has 146 valence electrons. The Bertz CT molecular complexity index is 772. The van der Waals surface area contributed by atoms with Crippen LogP contribution in [0.2, 0.25) is 0 Å². The van der Waals surface area contributed by atoms with E-state index in [-0.39, 0.29) is 15.8 Å². The van der Waals surface area contributed by atoms with E-state index in [1.165, 1.54) is 34.1 Å². The summed E-state index contributed by atoms with van der Waals surface area (Å²) in [6.45, 7) is 9.48. The molecule has 3 aromatic carbocycles. The van der Waals surface area contributed by atoms with E-state index in [4.69, 9.17) is 0 Å². The summed E-state index contributed by atoms with van der Waals surface area (Å²) in [4.78, 5) is 0. The molecule has 2 unspecified atom stereocenters. The molecule has 0 fully saturated rings. The average molecular weight is 406 g/mol. The molecule has 0 spiro atoms. The molecule has 0 heterocycles. The maximum absolute atomic E-state index is 2.47. The van der Waals surface area contributed by atoms with Gasteiger partial charge >= 0.3 is 0 Å². The van der Waals surface area contributed by atoms with Gasteiger partial charge in [0.1, 0.15) is 0 Å². The molecule has 0 nitrogen and oxygen atoms in total. The van der Waals surface area contributed by atoms with Gasteiger partial charge in [-0.1, -0.05) is 128 Å². The molecule has 0 saturated heterocycles. The maximum atomic E-state index is 2.47. The topological polar surface area (TPSA) is 0 Å². The number of hydrogen-bond acceptors (Lipinski definition) is 0. The number of rotatable bonds is 8. The Morgan fingerprint density at radius 2 is 0.929 bits per heavy atom. The van der Waals surface area contributed by atoms with Gasteiger partial charge in [0, 0.05) is 0 Å². The standard InChI is InChI=1S/C26H32P2/c1-21(2)27(25-14-7-5-8-15-25)19-23-12-11-13-24(18-23)20-28(22(3)4)26-16-9-6-10-17-26/h5-18,21-22H,19-20H2,1-4H3. The van der Waals surface area contributed by atoms with Crippen molar-refractivity contribution < 1.29 is 0 Å². The van der Waals surface area contributed by atoms with Crippen LogP contribution < -0.4 is 10.6 Å². The Hall–Kier alpha value is -1.48. The van der Waals surface area contributed by atoms with Crippen LogP contribution in [0.1, 0.15) is 38.8 Å². The predicted molar refractivity (Wildman–Crippen MR) is 130 cm³/mol. The monoisotopic (exact) mass is 406 g/mol. The van der Waals surface area contributed by atoms with Crippen LogP contribution in [-0.2, 0) is 12.3 Å². The van der Waals surface area contributed by atoms with E-state index in [2.05, 4.69) is 113 Å². The normalized spacial score (nSPS) is 13.6. The van der Waals surface area contributed by atoms with Gasteiger partial charge < -0.3 is 0 Å². The minimum atomic E-state index is -0.175. The molecule has 2 atom stereocenters. The Morgan fingerprint density at radius 3 is 1.29 bits per heavy atom. The first kappa shape index (κ1) is 21.2. The third-order valence-electron chi connectivity index (χ3n) is 5.12. The first-order valence-corrected chi connectivity index (χ1v) is 13.4. The lowest BCUT2D eigenvalue weighted by Crippen LogP contribution is -2.10. The molecule has 0 radical (unpaired) electrons. The lowest BCUT2D eigenvalue weighted by molar-refractivity contribution is 1.08. The van der Waals surface area contributed by atoms with Gasteiger partial charge in [-0.25, -0.2) is 0 Å². The van der Waals surface area contributed by atoms with Crippen LogP contribution in [0.5, 0.6) is 0 Å². The van der Waals surface area contributed by atoms with E-state index in [0.717, 1.165) is 0 Å². The zero-order valence-corrected chi connectivity index (χ0v) is 19.3. The summed E-state index contributed by atoms with van der Waals surface area (Å²) in [5, 5.41) is 3.04. The maximum Gasteiger partial charge on any atom is -0.00304 e. The second-order valence-corrected chi connectivity index (χ2v) is 13.5. The summed E-state index contributed by atoms with van der Waals surface area (Å²) in [5.41, 5.74) is 4.37. The molecule has 0 aliphatic carbocycles. The van der Waals surface area contributed by atoms with Gasteiger partial charge in [0.2, 0.25) is 0 Å². The van der Waals surface area contributed by atoms with Crippen LogP contribution >= 0.6 is 15.8 Å². The van der Waals surface area contributed by atoms with Gasteiger partial charge in [0.25, 0.3) is 0 Å². The first-order chi connectivity index (χ1) is 13.5. The highest BCUT2D eigenvalue weighted by Crippen LogP contribution is 2.45. The molecule has 0 aliphatic rings. The molecule has 0 aromatic heterocycles. The third kappa shape index (κ3) is 5.76. The molecule has 0 N–H and O–H groups in total. The summed E-state index contributed by atoms with van der Waals surface area (Å²) in [7, 11) is -0.350. The molecule has 0 saturated carbocycles. The van der Waals surface area contributed by atoms with Crippen molar-refractivity contribution in [3.63, 3.8) is 0 Å². The zero-order chi connectivity index (χ0) is 19.9. The van der Waals surface area contributed by atoms with Gasteiger partial charge in [0.15, 0.2) is 0 Å². The highest BCUT2D eigenvalue weighted by molar-refractivity contribution is 7.65. The molecular weight excluding hydrogens is 374 g/mol. The van der Waals surface area contributed by atoms with E-state index in [1.807, 2.05) is 0 Å². The fourth-order valence-electron chi connectivity index (χ4n) is 3.60. The largest absolute Gasteiger partial charge is 0.0682 e. The van der Waals surface area contributed by atoms with Crippen LogP contribution in [0, 0.1) is 0 Å². The van der Waals surface area contributed by atoms with Gasteiger partial charge in [-0.3, -0.25) is 0 Å². The van der Waals surface area contributed by atoms with Crippen molar-refractivity contribution in [2.45, 2.75) is 51.3 Å². The van der Waals surface area contributed by atoms with E-state index in [1.54, 1.807) is 0 Å². The molecule has 2 heteroatoms. The lowest BCUT2D eigenvalue weighted by atomic mass is 10.2. The van der Waals surface area contributed by atoms with Crippen molar-refractivity contribution in [2.24, 2.45) is 0 Å². The quantitative estimate of drug-likeness (QED) is 0.349. The molecule has 0 amide bonds. The van der Waals surface area contributed by atoms with Crippen LogP contribution in [-0.4, -0.2) is 11.3 Å². The molecular formula is C26H32P2. The summed E-state index contributed by atoms with van der Waals surface area (Å²) in [5.74, 6) is 0. The van der Waals surface area contributed by atoms with E-state index in [0.29, 0.717) is 11.3 Å². The predicted octanol–water partition coefficient (Wildman–Crippen LogP) is 7.12. The minimum absolute atomic E-state index is 0.175. The SMILES string of the molecule is CC(C)P(Cc1cccc(CP(c2ccccc2)C(C)C)c1)c1ccccc1. The highest BCUT2D eigenvalue weighted by Gasteiger charge is 2.18. The van der Waals surface area contributed by atoms with Crippen LogP contribution in [0.15, 0.2) is 84.9 Å². The van der Waals surface area contributed by atoms with Crippen LogP contribution in [0.4, 0.5) is 0 Å². The second-order valence-electron chi connectivity index (χ2n) is 7.93. The Kier molecular flexibility index (Phi) is 7.84. The van der Waals surface area contributed by atoms with Gasteiger partial charge in [-0.2, -0.15) is 0 Å². The first-order valence-electron chi connectivity index (χ1n) is 10.3.